The number of alkyl halides is 2. The van der Waals surface area contributed by atoms with E-state index in [2.05, 4.69) is 5.32 Å². The van der Waals surface area contributed by atoms with Gasteiger partial charge in [-0.15, -0.1) is 0 Å². The third-order valence-electron chi connectivity index (χ3n) is 3.39. The first-order valence-corrected chi connectivity index (χ1v) is 9.07. The molecule has 0 aliphatic rings. The maximum Gasteiger partial charge on any atom is 0.341 e. The molecule has 0 aromatic heterocycles. The maximum absolute atomic E-state index is 12.5. The molecule has 0 saturated carbocycles. The molecule has 9 heteroatoms. The van der Waals surface area contributed by atoms with Crippen molar-refractivity contribution in [3.63, 3.8) is 0 Å². The van der Waals surface area contributed by atoms with Gasteiger partial charge in [0.2, 0.25) is 9.84 Å². The molecule has 2 rings (SSSR count). The zero-order valence-electron chi connectivity index (χ0n) is 13.8. The molecule has 2 aromatic carbocycles. The number of para-hydroxylation sites is 2. The fourth-order valence-corrected chi connectivity index (χ4v) is 2.79. The molecule has 0 spiro atoms. The first kappa shape index (κ1) is 19.6. The van der Waals surface area contributed by atoms with Gasteiger partial charge in [-0.3, -0.25) is 4.79 Å². The van der Waals surface area contributed by atoms with Gasteiger partial charge < -0.3 is 14.8 Å². The number of carbonyl (C=O) groups excluding carboxylic acids is 1. The van der Waals surface area contributed by atoms with E-state index < -0.39 is 26.4 Å². The Morgan fingerprint density at radius 2 is 1.69 bits per heavy atom. The van der Waals surface area contributed by atoms with E-state index in [4.69, 9.17) is 9.47 Å². The minimum absolute atomic E-state index is 0.149. The summed E-state index contributed by atoms with van der Waals surface area (Å²) in [5, 5.41) is 2.59. The molecule has 0 heterocycles. The van der Waals surface area contributed by atoms with Gasteiger partial charge in [0, 0.05) is 5.56 Å². The first-order chi connectivity index (χ1) is 12.4. The number of hydrogen-bond acceptors (Lipinski definition) is 5. The number of carbonyl (C=O) groups is 1. The van der Waals surface area contributed by atoms with Crippen molar-refractivity contribution >= 4 is 15.7 Å². The quantitative estimate of drug-likeness (QED) is 0.706. The number of hydrogen-bond donors (Lipinski definition) is 1. The minimum Gasteiger partial charge on any atom is -0.493 e. The number of ether oxygens (including phenoxy) is 2. The average molecular weight is 385 g/mol. The molecule has 0 unspecified atom stereocenters. The number of methoxy groups -OCH3 is 1. The second kappa shape index (κ2) is 8.61. The largest absolute Gasteiger partial charge is 0.493 e. The van der Waals surface area contributed by atoms with Crippen molar-refractivity contribution in [3.8, 4) is 11.5 Å². The predicted octanol–water partition coefficient (Wildman–Crippen LogP) is 2.50. The summed E-state index contributed by atoms with van der Waals surface area (Å²) in [6.45, 7) is 0.373. The van der Waals surface area contributed by atoms with Crippen molar-refractivity contribution in [2.45, 2.75) is 10.7 Å². The highest BCUT2D eigenvalue weighted by Gasteiger charge is 2.26. The fourth-order valence-electron chi connectivity index (χ4n) is 2.06. The van der Waals surface area contributed by atoms with E-state index >= 15 is 0 Å². The van der Waals surface area contributed by atoms with Gasteiger partial charge in [0.1, 0.15) is 6.61 Å². The van der Waals surface area contributed by atoms with Crippen LogP contribution in [0.15, 0.2) is 53.4 Å². The molecule has 0 aliphatic carbocycles. The molecule has 26 heavy (non-hydrogen) atoms. The summed E-state index contributed by atoms with van der Waals surface area (Å²) in [6, 6.07) is 11.3. The van der Waals surface area contributed by atoms with E-state index in [9.17, 15) is 22.0 Å². The summed E-state index contributed by atoms with van der Waals surface area (Å²) in [4.78, 5) is 11.4. The molecule has 6 nitrogen and oxygen atoms in total. The van der Waals surface area contributed by atoms with Crippen LogP contribution >= 0.6 is 0 Å². The molecular formula is C17H17F2NO5S. The Kier molecular flexibility index (Phi) is 6.51. The lowest BCUT2D eigenvalue weighted by Gasteiger charge is -2.11. The van der Waals surface area contributed by atoms with Crippen molar-refractivity contribution in [3.05, 3.63) is 54.1 Å². The van der Waals surface area contributed by atoms with Gasteiger partial charge in [-0.2, -0.15) is 8.78 Å². The zero-order chi connectivity index (χ0) is 19.2. The van der Waals surface area contributed by atoms with Crippen LogP contribution in [0.2, 0.25) is 0 Å². The number of amides is 1. The van der Waals surface area contributed by atoms with Gasteiger partial charge in [0.15, 0.2) is 11.5 Å². The molecule has 0 aliphatic heterocycles. The highest BCUT2D eigenvalue weighted by molar-refractivity contribution is 7.91. The lowest BCUT2D eigenvalue weighted by atomic mass is 10.2. The van der Waals surface area contributed by atoms with E-state index in [1.165, 1.54) is 19.2 Å². The Morgan fingerprint density at radius 1 is 1.08 bits per heavy atom. The van der Waals surface area contributed by atoms with Gasteiger partial charge in [0.25, 0.3) is 5.91 Å². The lowest BCUT2D eigenvalue weighted by molar-refractivity contribution is 0.0946. The monoisotopic (exact) mass is 385 g/mol. The second-order valence-electron chi connectivity index (χ2n) is 5.09. The molecular weight excluding hydrogens is 368 g/mol. The molecule has 0 fully saturated rings. The molecule has 1 N–H and O–H groups in total. The van der Waals surface area contributed by atoms with Crippen LogP contribution in [0.5, 0.6) is 11.5 Å². The van der Waals surface area contributed by atoms with E-state index in [0.29, 0.717) is 11.5 Å². The Balaban J connectivity index is 1.88. The molecule has 0 radical (unpaired) electrons. The summed E-state index contributed by atoms with van der Waals surface area (Å²) in [5.41, 5.74) is 0.149. The van der Waals surface area contributed by atoms with Crippen molar-refractivity contribution in [2.75, 3.05) is 20.3 Å². The van der Waals surface area contributed by atoms with Gasteiger partial charge >= 0.3 is 5.76 Å². The first-order valence-electron chi connectivity index (χ1n) is 7.52. The van der Waals surface area contributed by atoms with Crippen molar-refractivity contribution in [1.29, 1.82) is 0 Å². The van der Waals surface area contributed by atoms with Crippen molar-refractivity contribution in [2.24, 2.45) is 0 Å². The van der Waals surface area contributed by atoms with Gasteiger partial charge in [-0.1, -0.05) is 12.1 Å². The van der Waals surface area contributed by atoms with Crippen LogP contribution in [0, 0.1) is 0 Å². The Labute approximate surface area is 149 Å². The number of nitrogens with one attached hydrogen (secondary N) is 1. The smallest absolute Gasteiger partial charge is 0.341 e. The van der Waals surface area contributed by atoms with Crippen molar-refractivity contribution < 1.29 is 31.5 Å². The van der Waals surface area contributed by atoms with E-state index in [0.717, 1.165) is 12.1 Å². The number of rotatable bonds is 8. The number of halogens is 2. The number of sulfone groups is 1. The summed E-state index contributed by atoms with van der Waals surface area (Å²) < 4.78 is 58.2. The maximum atomic E-state index is 12.5. The summed E-state index contributed by atoms with van der Waals surface area (Å²) >= 11 is 0. The van der Waals surface area contributed by atoms with Crippen molar-refractivity contribution in [1.82, 2.24) is 5.32 Å². The van der Waals surface area contributed by atoms with E-state index in [1.54, 1.807) is 24.3 Å². The molecule has 1 amide bonds. The molecule has 0 atom stereocenters. The second-order valence-corrected chi connectivity index (χ2v) is 7.00. The van der Waals surface area contributed by atoms with Crippen LogP contribution in [-0.4, -0.2) is 40.3 Å². The molecule has 140 valence electrons. The third kappa shape index (κ3) is 4.69. The molecule has 0 bridgehead atoms. The lowest BCUT2D eigenvalue weighted by Crippen LogP contribution is -2.28. The van der Waals surface area contributed by atoms with Gasteiger partial charge in [-0.25, -0.2) is 8.42 Å². The van der Waals surface area contributed by atoms with Crippen LogP contribution in [0.1, 0.15) is 10.4 Å². The Hall–Kier alpha value is -2.68. The van der Waals surface area contributed by atoms with E-state index in [1.807, 2.05) is 0 Å². The zero-order valence-corrected chi connectivity index (χ0v) is 14.6. The summed E-state index contributed by atoms with van der Waals surface area (Å²) in [7, 11) is -3.16. The van der Waals surface area contributed by atoms with Crippen LogP contribution in [-0.2, 0) is 9.84 Å². The van der Waals surface area contributed by atoms with Gasteiger partial charge in [0.05, 0.1) is 18.6 Å². The van der Waals surface area contributed by atoms with Crippen LogP contribution in [0.25, 0.3) is 0 Å². The highest BCUT2D eigenvalue weighted by Crippen LogP contribution is 2.25. The Morgan fingerprint density at radius 3 is 2.27 bits per heavy atom. The summed E-state index contributed by atoms with van der Waals surface area (Å²) in [6.07, 6.45) is 0. The standard InChI is InChI=1S/C17H17F2NO5S/c1-24-14-4-2-3-5-15(14)25-11-10-20-16(21)12-6-8-13(9-7-12)26(22,23)17(18)19/h2-9,17H,10-11H2,1H3,(H,20,21). The average Bonchev–Trinajstić information content (AvgIpc) is 2.65. The van der Waals surface area contributed by atoms with Crippen LogP contribution in [0.4, 0.5) is 8.78 Å². The summed E-state index contributed by atoms with van der Waals surface area (Å²) in [5.74, 6) is -2.88. The molecule has 0 saturated heterocycles. The van der Waals surface area contributed by atoms with Gasteiger partial charge in [-0.05, 0) is 36.4 Å². The van der Waals surface area contributed by atoms with Crippen LogP contribution in [0.3, 0.4) is 0 Å². The minimum atomic E-state index is -4.67. The Bertz CT molecular complexity index is 854. The fraction of sp³-hybridized carbons (Fsp3) is 0.235. The SMILES string of the molecule is COc1ccccc1OCCNC(=O)c1ccc(S(=O)(=O)C(F)F)cc1. The third-order valence-corrected chi connectivity index (χ3v) is 4.79. The van der Waals surface area contributed by atoms with E-state index in [-0.39, 0.29) is 18.7 Å². The van der Waals surface area contributed by atoms with Crippen LogP contribution < -0.4 is 14.8 Å². The normalized spacial score (nSPS) is 11.2. The molecule has 2 aromatic rings. The number of benzene rings is 2. The highest BCUT2D eigenvalue weighted by atomic mass is 32.2. The topological polar surface area (TPSA) is 81.7 Å². The predicted molar refractivity (Wildman–Crippen MR) is 90.5 cm³/mol.